The monoisotopic (exact) mass is 381 g/mol. The molecule has 0 radical (unpaired) electrons. The number of aromatic nitrogens is 1. The molecule has 1 fully saturated rings. The molecule has 7 nitrogen and oxygen atoms in total. The molecule has 1 aliphatic rings. The molecule has 0 unspecified atom stereocenters. The molecule has 1 aromatic heterocycles. The van der Waals surface area contributed by atoms with E-state index in [1.807, 2.05) is 36.9 Å². The Morgan fingerprint density at radius 1 is 1.38 bits per heavy atom. The fraction of sp³-hybridized carbons (Fsp3) is 0.611. The quantitative estimate of drug-likeness (QED) is 0.749. The average molecular weight is 381 g/mol. The van der Waals surface area contributed by atoms with Gasteiger partial charge in [-0.25, -0.2) is 9.59 Å². The summed E-state index contributed by atoms with van der Waals surface area (Å²) in [5, 5.41) is 1.90. The van der Waals surface area contributed by atoms with Crippen molar-refractivity contribution in [3.8, 4) is 0 Å². The molecule has 26 heavy (non-hydrogen) atoms. The van der Waals surface area contributed by atoms with E-state index in [0.717, 1.165) is 19.4 Å². The molecule has 2 heterocycles. The smallest absolute Gasteiger partial charge is 0.436 e. The van der Waals surface area contributed by atoms with E-state index in [4.69, 9.17) is 9.47 Å². The average Bonchev–Trinajstić information content (AvgIpc) is 2.98. The van der Waals surface area contributed by atoms with Crippen LogP contribution in [0.4, 0.5) is 9.59 Å². The summed E-state index contributed by atoms with van der Waals surface area (Å²) in [4.78, 5) is 30.1. The summed E-state index contributed by atoms with van der Waals surface area (Å²) in [7, 11) is 0. The van der Waals surface area contributed by atoms with Gasteiger partial charge >= 0.3 is 12.2 Å². The highest BCUT2D eigenvalue weighted by atomic mass is 32.1. The van der Waals surface area contributed by atoms with Crippen LogP contribution in [0.1, 0.15) is 33.6 Å². The van der Waals surface area contributed by atoms with Crippen molar-refractivity contribution in [2.45, 2.75) is 45.8 Å². The highest BCUT2D eigenvalue weighted by Gasteiger charge is 2.27. The Morgan fingerprint density at radius 3 is 2.69 bits per heavy atom. The Bertz CT molecular complexity index is 694. The second kappa shape index (κ2) is 9.02. The van der Waals surface area contributed by atoms with Crippen molar-refractivity contribution >= 4 is 23.5 Å². The molecule has 1 aliphatic heterocycles. The number of carbonyl (C=O) groups is 2. The van der Waals surface area contributed by atoms with E-state index in [-0.39, 0.29) is 12.7 Å². The minimum absolute atomic E-state index is 0.150. The molecule has 0 aliphatic carbocycles. The van der Waals surface area contributed by atoms with Gasteiger partial charge in [-0.1, -0.05) is 12.7 Å². The third-order valence-corrected chi connectivity index (χ3v) is 4.69. The van der Waals surface area contributed by atoms with Crippen molar-refractivity contribution in [2.75, 3.05) is 19.7 Å². The summed E-state index contributed by atoms with van der Waals surface area (Å²) >= 11 is 1.40. The zero-order valence-corrected chi connectivity index (χ0v) is 16.5. The van der Waals surface area contributed by atoms with Crippen LogP contribution >= 0.6 is 11.3 Å². The van der Waals surface area contributed by atoms with E-state index in [1.54, 1.807) is 4.90 Å². The van der Waals surface area contributed by atoms with Crippen LogP contribution in [0, 0.1) is 5.92 Å². The maximum Gasteiger partial charge on any atom is 0.436 e. The number of nitrogens with zero attached hydrogens (tertiary/aromatic N) is 3. The van der Waals surface area contributed by atoms with Gasteiger partial charge in [-0.2, -0.15) is 0 Å². The molecular weight excluding hydrogens is 354 g/mol. The van der Waals surface area contributed by atoms with Crippen LogP contribution < -0.4 is 4.80 Å². The lowest BCUT2D eigenvalue weighted by atomic mass is 9.97. The van der Waals surface area contributed by atoms with Gasteiger partial charge in [-0.05, 0) is 39.5 Å². The molecule has 144 valence electrons. The Labute approximate surface area is 157 Å². The molecule has 0 N–H and O–H groups in total. The Balaban J connectivity index is 1.89. The van der Waals surface area contributed by atoms with Crippen molar-refractivity contribution in [3.05, 3.63) is 29.0 Å². The van der Waals surface area contributed by atoms with Gasteiger partial charge in [-0.15, -0.1) is 16.3 Å². The van der Waals surface area contributed by atoms with Gasteiger partial charge in [0.15, 0.2) is 4.80 Å². The molecule has 0 spiro atoms. The number of hydrogen-bond acceptors (Lipinski definition) is 5. The minimum Gasteiger partial charge on any atom is -0.444 e. The largest absolute Gasteiger partial charge is 0.444 e. The second-order valence-corrected chi connectivity index (χ2v) is 8.10. The number of piperidine rings is 1. The number of hydrogen-bond donors (Lipinski definition) is 0. The normalized spacial score (nSPS) is 16.4. The third-order valence-electron chi connectivity index (χ3n) is 3.89. The first-order chi connectivity index (χ1) is 12.3. The lowest BCUT2D eigenvalue weighted by molar-refractivity contribution is 0.0178. The van der Waals surface area contributed by atoms with Gasteiger partial charge < -0.3 is 18.9 Å². The van der Waals surface area contributed by atoms with E-state index < -0.39 is 11.7 Å². The van der Waals surface area contributed by atoms with Crippen LogP contribution in [-0.2, 0) is 16.0 Å². The third kappa shape index (κ3) is 6.33. The number of amides is 2. The summed E-state index contributed by atoms with van der Waals surface area (Å²) < 4.78 is 12.3. The standard InChI is InChI=1S/C18H27N3O4S/c1-5-11-24-16(22)19-15-21(10-12-26-15)13-14-6-8-20(9-7-14)17(23)25-18(2,3)4/h5,10,12,14H,1,6-9,11,13H2,2-4H3/b19-15-. The predicted octanol–water partition coefficient (Wildman–Crippen LogP) is 3.42. The number of thiazole rings is 1. The summed E-state index contributed by atoms with van der Waals surface area (Å²) in [6.07, 6.45) is 4.35. The Morgan fingerprint density at radius 2 is 2.08 bits per heavy atom. The maximum absolute atomic E-state index is 12.1. The predicted molar refractivity (Wildman–Crippen MR) is 99.9 cm³/mol. The van der Waals surface area contributed by atoms with E-state index in [2.05, 4.69) is 11.6 Å². The van der Waals surface area contributed by atoms with Crippen LogP contribution in [0.3, 0.4) is 0 Å². The van der Waals surface area contributed by atoms with Gasteiger partial charge in [0.2, 0.25) is 0 Å². The zero-order valence-electron chi connectivity index (χ0n) is 15.6. The van der Waals surface area contributed by atoms with E-state index in [1.165, 1.54) is 17.4 Å². The lowest BCUT2D eigenvalue weighted by Crippen LogP contribution is -2.42. The highest BCUT2D eigenvalue weighted by Crippen LogP contribution is 2.21. The van der Waals surface area contributed by atoms with Crippen LogP contribution in [-0.4, -0.2) is 47.0 Å². The zero-order chi connectivity index (χ0) is 19.2. The molecule has 2 rings (SSSR count). The minimum atomic E-state index is -0.610. The summed E-state index contributed by atoms with van der Waals surface area (Å²) in [5.74, 6) is 0.423. The highest BCUT2D eigenvalue weighted by molar-refractivity contribution is 7.07. The van der Waals surface area contributed by atoms with E-state index in [9.17, 15) is 9.59 Å². The molecular formula is C18H27N3O4S. The number of likely N-dealkylation sites (tertiary alicyclic amines) is 1. The summed E-state index contributed by atoms with van der Waals surface area (Å²) in [6.45, 7) is 11.4. The first-order valence-corrected chi connectivity index (χ1v) is 9.60. The van der Waals surface area contributed by atoms with E-state index >= 15 is 0 Å². The maximum atomic E-state index is 12.1. The first-order valence-electron chi connectivity index (χ1n) is 8.73. The number of carbonyl (C=O) groups excluding carboxylic acids is 2. The van der Waals surface area contributed by atoms with Crippen molar-refractivity contribution < 1.29 is 19.1 Å². The van der Waals surface area contributed by atoms with Crippen LogP contribution in [0.5, 0.6) is 0 Å². The second-order valence-electron chi connectivity index (χ2n) is 7.23. The topological polar surface area (TPSA) is 73.1 Å². The molecule has 2 amide bonds. The molecule has 1 saturated heterocycles. The van der Waals surface area contributed by atoms with Gasteiger partial charge in [0.1, 0.15) is 12.2 Å². The molecule has 0 aromatic carbocycles. The SMILES string of the molecule is C=CCOC(=O)/N=c1\sccn1CC1CCN(C(=O)OC(C)(C)C)CC1. The Kier molecular flexibility index (Phi) is 7.02. The van der Waals surface area contributed by atoms with Crippen molar-refractivity contribution in [1.29, 1.82) is 0 Å². The van der Waals surface area contributed by atoms with Crippen molar-refractivity contribution in [3.63, 3.8) is 0 Å². The summed E-state index contributed by atoms with van der Waals surface area (Å²) in [6, 6.07) is 0. The molecule has 0 atom stereocenters. The molecule has 0 saturated carbocycles. The molecule has 1 aromatic rings. The van der Waals surface area contributed by atoms with Gasteiger partial charge in [-0.3, -0.25) is 0 Å². The first kappa shape index (κ1) is 20.2. The van der Waals surface area contributed by atoms with Crippen LogP contribution in [0.25, 0.3) is 0 Å². The van der Waals surface area contributed by atoms with Gasteiger partial charge in [0.25, 0.3) is 0 Å². The van der Waals surface area contributed by atoms with Crippen molar-refractivity contribution in [2.24, 2.45) is 10.9 Å². The number of ether oxygens (including phenoxy) is 2. The molecule has 8 heteroatoms. The lowest BCUT2D eigenvalue weighted by Gasteiger charge is -2.33. The van der Waals surface area contributed by atoms with Crippen LogP contribution in [0.2, 0.25) is 0 Å². The van der Waals surface area contributed by atoms with Gasteiger partial charge in [0, 0.05) is 31.2 Å². The van der Waals surface area contributed by atoms with E-state index in [0.29, 0.717) is 23.8 Å². The molecule has 0 bridgehead atoms. The Hall–Kier alpha value is -2.09. The summed E-state index contributed by atoms with van der Waals surface area (Å²) in [5.41, 5.74) is -0.475. The van der Waals surface area contributed by atoms with Crippen molar-refractivity contribution in [1.82, 2.24) is 9.47 Å². The van der Waals surface area contributed by atoms with Gasteiger partial charge in [0.05, 0.1) is 0 Å². The van der Waals surface area contributed by atoms with Crippen LogP contribution in [0.15, 0.2) is 29.2 Å². The number of rotatable bonds is 4. The fourth-order valence-electron chi connectivity index (χ4n) is 2.67. The fourth-order valence-corrected chi connectivity index (χ4v) is 3.40.